The van der Waals surface area contributed by atoms with E-state index < -0.39 is 12.1 Å². The maximum Gasteiger partial charge on any atom is 0.391 e. The molecule has 1 fully saturated rings. The molecule has 0 amide bonds. The minimum absolute atomic E-state index is 0.0757. The summed E-state index contributed by atoms with van der Waals surface area (Å²) in [6.45, 7) is 4.30. The van der Waals surface area contributed by atoms with Crippen molar-refractivity contribution in [3.63, 3.8) is 0 Å². The molecule has 2 aromatic rings. The molecule has 8 heteroatoms. The summed E-state index contributed by atoms with van der Waals surface area (Å²) in [7, 11) is 1.63. The quantitative estimate of drug-likeness (QED) is 0.819. The Kier molecular flexibility index (Phi) is 5.03. The molecule has 0 N–H and O–H groups in total. The lowest BCUT2D eigenvalue weighted by atomic mass is 9.82. The smallest absolute Gasteiger partial charge is 0.391 e. The van der Waals surface area contributed by atoms with E-state index >= 15 is 0 Å². The Labute approximate surface area is 149 Å². The molecule has 144 valence electrons. The van der Waals surface area contributed by atoms with E-state index in [0.29, 0.717) is 30.8 Å². The van der Waals surface area contributed by atoms with Crippen molar-refractivity contribution in [2.24, 2.45) is 18.9 Å². The highest BCUT2D eigenvalue weighted by Gasteiger charge is 2.41. The van der Waals surface area contributed by atoms with Gasteiger partial charge in [0.2, 0.25) is 5.88 Å². The van der Waals surface area contributed by atoms with Crippen LogP contribution in [0.25, 0.3) is 5.52 Å². The van der Waals surface area contributed by atoms with Crippen LogP contribution < -0.4 is 10.3 Å². The summed E-state index contributed by atoms with van der Waals surface area (Å²) in [5.41, 5.74) is 0.275. The van der Waals surface area contributed by atoms with Crippen molar-refractivity contribution >= 4 is 5.52 Å². The van der Waals surface area contributed by atoms with Gasteiger partial charge < -0.3 is 4.74 Å². The van der Waals surface area contributed by atoms with E-state index in [4.69, 9.17) is 4.74 Å². The van der Waals surface area contributed by atoms with Crippen molar-refractivity contribution in [2.45, 2.75) is 51.6 Å². The molecule has 0 aromatic carbocycles. The molecule has 1 aliphatic rings. The van der Waals surface area contributed by atoms with E-state index in [1.54, 1.807) is 23.8 Å². The van der Waals surface area contributed by atoms with Gasteiger partial charge in [-0.15, -0.1) is 0 Å². The van der Waals surface area contributed by atoms with Crippen molar-refractivity contribution in [1.82, 2.24) is 14.0 Å². The second-order valence-corrected chi connectivity index (χ2v) is 7.43. The fraction of sp³-hybridized carbons (Fsp3) is 0.667. The number of hydrogen-bond donors (Lipinski definition) is 0. The van der Waals surface area contributed by atoms with Crippen LogP contribution in [0.5, 0.6) is 5.88 Å². The SMILES string of the molecule is CC(C)c1ncc2c(=O)n(C)c(OC[C@H]3CC[C@H](C(F)(F)F)CC3)cn12. The average Bonchev–Trinajstić information content (AvgIpc) is 3.00. The number of alkyl halides is 3. The summed E-state index contributed by atoms with van der Waals surface area (Å²) < 4.78 is 47.3. The van der Waals surface area contributed by atoms with Gasteiger partial charge in [-0.05, 0) is 31.6 Å². The van der Waals surface area contributed by atoms with Crippen molar-refractivity contribution in [3.8, 4) is 5.88 Å². The van der Waals surface area contributed by atoms with Gasteiger partial charge >= 0.3 is 6.18 Å². The Bertz CT molecular complexity index is 831. The Balaban J connectivity index is 1.73. The van der Waals surface area contributed by atoms with Gasteiger partial charge in [-0.2, -0.15) is 13.2 Å². The summed E-state index contributed by atoms with van der Waals surface area (Å²) >= 11 is 0. The predicted molar refractivity (Wildman–Crippen MR) is 91.5 cm³/mol. The lowest BCUT2D eigenvalue weighted by molar-refractivity contribution is -0.184. The number of rotatable bonds is 4. The molecule has 2 aromatic heterocycles. The van der Waals surface area contributed by atoms with Crippen LogP contribution in [0.15, 0.2) is 17.2 Å². The Morgan fingerprint density at radius 3 is 2.50 bits per heavy atom. The van der Waals surface area contributed by atoms with Crippen LogP contribution in [-0.4, -0.2) is 26.7 Å². The van der Waals surface area contributed by atoms with Gasteiger partial charge in [-0.25, -0.2) is 4.98 Å². The van der Waals surface area contributed by atoms with E-state index in [0.717, 1.165) is 5.82 Å². The lowest BCUT2D eigenvalue weighted by Crippen LogP contribution is -2.30. The van der Waals surface area contributed by atoms with Crippen LogP contribution in [0.1, 0.15) is 51.3 Å². The van der Waals surface area contributed by atoms with E-state index in [1.807, 2.05) is 13.8 Å². The number of halogens is 3. The van der Waals surface area contributed by atoms with Crippen molar-refractivity contribution < 1.29 is 17.9 Å². The van der Waals surface area contributed by atoms with Crippen LogP contribution in [0.3, 0.4) is 0 Å². The summed E-state index contributed by atoms with van der Waals surface area (Å²) in [5.74, 6) is 0.203. The number of hydrogen-bond acceptors (Lipinski definition) is 3. The van der Waals surface area contributed by atoms with Gasteiger partial charge in [0.15, 0.2) is 0 Å². The molecule has 0 unspecified atom stereocenters. The van der Waals surface area contributed by atoms with Crippen LogP contribution in [0.4, 0.5) is 13.2 Å². The van der Waals surface area contributed by atoms with Gasteiger partial charge in [0.05, 0.1) is 24.9 Å². The number of ether oxygens (including phenoxy) is 1. The second kappa shape index (κ2) is 6.96. The topological polar surface area (TPSA) is 48.5 Å². The Morgan fingerprint density at radius 2 is 1.92 bits per heavy atom. The first kappa shape index (κ1) is 18.8. The largest absolute Gasteiger partial charge is 0.477 e. The molecule has 0 radical (unpaired) electrons. The molecule has 0 saturated heterocycles. The number of aromatic nitrogens is 3. The summed E-state index contributed by atoms with van der Waals surface area (Å²) in [6, 6.07) is 0. The van der Waals surface area contributed by atoms with Gasteiger partial charge in [0.1, 0.15) is 11.3 Å². The second-order valence-electron chi connectivity index (χ2n) is 7.43. The molecule has 0 spiro atoms. The molecule has 2 heterocycles. The predicted octanol–water partition coefficient (Wildman–Crippen LogP) is 3.90. The average molecular weight is 371 g/mol. The molecule has 1 saturated carbocycles. The van der Waals surface area contributed by atoms with Gasteiger partial charge in [-0.3, -0.25) is 13.8 Å². The Morgan fingerprint density at radius 1 is 1.27 bits per heavy atom. The van der Waals surface area contributed by atoms with Crippen LogP contribution in [0, 0.1) is 11.8 Å². The van der Waals surface area contributed by atoms with Crippen molar-refractivity contribution in [2.75, 3.05) is 6.61 Å². The standard InChI is InChI=1S/C18H24F3N3O2/c1-11(2)16-22-8-14-17(25)23(3)15(9-24(14)16)26-10-12-4-6-13(7-5-12)18(19,20)21/h8-9,11-13H,4-7,10H2,1-3H3/t12-,13-. The third kappa shape index (κ3) is 3.59. The van der Waals surface area contributed by atoms with E-state index in [1.165, 1.54) is 4.57 Å². The molecule has 26 heavy (non-hydrogen) atoms. The first-order valence-corrected chi connectivity index (χ1v) is 8.95. The van der Waals surface area contributed by atoms with E-state index in [2.05, 4.69) is 4.98 Å². The van der Waals surface area contributed by atoms with E-state index in [-0.39, 0.29) is 30.2 Å². The van der Waals surface area contributed by atoms with Gasteiger partial charge in [-0.1, -0.05) is 13.8 Å². The molecule has 0 aliphatic heterocycles. The maximum atomic E-state index is 12.8. The highest BCUT2D eigenvalue weighted by molar-refractivity contribution is 5.45. The highest BCUT2D eigenvalue weighted by atomic mass is 19.4. The maximum absolute atomic E-state index is 12.8. The minimum Gasteiger partial charge on any atom is -0.477 e. The normalized spacial score (nSPS) is 21.5. The molecule has 5 nitrogen and oxygen atoms in total. The van der Waals surface area contributed by atoms with Crippen molar-refractivity contribution in [3.05, 3.63) is 28.6 Å². The molecule has 1 aliphatic carbocycles. The minimum atomic E-state index is -4.10. The molecule has 0 atom stereocenters. The fourth-order valence-corrected chi connectivity index (χ4v) is 3.56. The molecule has 3 rings (SSSR count). The monoisotopic (exact) mass is 371 g/mol. The summed E-state index contributed by atoms with van der Waals surface area (Å²) in [5, 5.41) is 0. The fourth-order valence-electron chi connectivity index (χ4n) is 3.56. The third-order valence-corrected chi connectivity index (χ3v) is 5.21. The zero-order valence-corrected chi connectivity index (χ0v) is 15.2. The zero-order valence-electron chi connectivity index (χ0n) is 15.2. The molecule has 0 bridgehead atoms. The lowest BCUT2D eigenvalue weighted by Gasteiger charge is -2.29. The van der Waals surface area contributed by atoms with Gasteiger partial charge in [0.25, 0.3) is 5.56 Å². The Hall–Kier alpha value is -1.99. The molecular formula is C18H24F3N3O2. The first-order chi connectivity index (χ1) is 12.2. The highest BCUT2D eigenvalue weighted by Crippen LogP contribution is 2.39. The first-order valence-electron chi connectivity index (χ1n) is 8.95. The van der Waals surface area contributed by atoms with E-state index in [9.17, 15) is 18.0 Å². The number of nitrogens with zero attached hydrogens (tertiary/aromatic N) is 3. The van der Waals surface area contributed by atoms with Crippen LogP contribution in [0.2, 0.25) is 0 Å². The van der Waals surface area contributed by atoms with Crippen LogP contribution in [-0.2, 0) is 7.05 Å². The number of fused-ring (bicyclic) bond motifs is 1. The number of imidazole rings is 1. The zero-order chi connectivity index (χ0) is 19.1. The van der Waals surface area contributed by atoms with Gasteiger partial charge in [0, 0.05) is 13.0 Å². The summed E-state index contributed by atoms with van der Waals surface area (Å²) in [4.78, 5) is 16.8. The van der Waals surface area contributed by atoms with Crippen LogP contribution >= 0.6 is 0 Å². The van der Waals surface area contributed by atoms with Crippen molar-refractivity contribution in [1.29, 1.82) is 0 Å². The molecular weight excluding hydrogens is 347 g/mol. The third-order valence-electron chi connectivity index (χ3n) is 5.21. The summed E-state index contributed by atoms with van der Waals surface area (Å²) in [6.07, 6.45) is 0.462.